The van der Waals surface area contributed by atoms with Gasteiger partial charge in [-0.15, -0.1) is 16.4 Å². The van der Waals surface area contributed by atoms with Gasteiger partial charge in [0.1, 0.15) is 5.82 Å². The number of aromatic nitrogens is 3. The normalized spacial score (nSPS) is 10.6. The number of aromatic amines is 1. The van der Waals surface area contributed by atoms with E-state index in [4.69, 9.17) is 0 Å². The van der Waals surface area contributed by atoms with E-state index in [1.165, 1.54) is 22.2 Å². The highest BCUT2D eigenvalue weighted by Crippen LogP contribution is 2.17. The van der Waals surface area contributed by atoms with E-state index in [0.717, 1.165) is 12.2 Å². The molecule has 0 spiro atoms. The number of aryl methyl sites for hydroxylation is 2. The second-order valence-electron chi connectivity index (χ2n) is 3.99. The average Bonchev–Trinajstić information content (AvgIpc) is 3.02. The van der Waals surface area contributed by atoms with Crippen molar-refractivity contribution in [1.82, 2.24) is 20.5 Å². The molecule has 0 aromatic carbocycles. The van der Waals surface area contributed by atoms with Crippen LogP contribution in [0.1, 0.15) is 23.2 Å². The Morgan fingerprint density at radius 3 is 3.11 bits per heavy atom. The third-order valence-electron chi connectivity index (χ3n) is 2.57. The maximum absolute atomic E-state index is 11.7. The van der Waals surface area contributed by atoms with Crippen molar-refractivity contribution in [2.24, 2.45) is 0 Å². The summed E-state index contributed by atoms with van der Waals surface area (Å²) < 4.78 is 0. The van der Waals surface area contributed by atoms with Crippen molar-refractivity contribution >= 4 is 29.0 Å². The fraction of sp³-hybridized carbons (Fsp3) is 0.417. The Kier molecular flexibility index (Phi) is 4.98. The van der Waals surface area contributed by atoms with Gasteiger partial charge in [-0.05, 0) is 30.4 Å². The van der Waals surface area contributed by atoms with Crippen LogP contribution >= 0.6 is 23.1 Å². The van der Waals surface area contributed by atoms with Gasteiger partial charge in [-0.3, -0.25) is 9.89 Å². The first-order valence-corrected chi connectivity index (χ1v) is 7.89. The van der Waals surface area contributed by atoms with Crippen LogP contribution in [0.15, 0.2) is 16.6 Å². The Morgan fingerprint density at radius 1 is 1.58 bits per heavy atom. The number of H-pyrrole nitrogens is 1. The summed E-state index contributed by atoms with van der Waals surface area (Å²) in [4.78, 5) is 17.1. The lowest BCUT2D eigenvalue weighted by molar-refractivity contribution is -0.118. The third kappa shape index (κ3) is 4.07. The molecule has 0 aliphatic rings. The summed E-state index contributed by atoms with van der Waals surface area (Å²) in [7, 11) is 0. The van der Waals surface area contributed by atoms with Crippen LogP contribution in [-0.2, 0) is 17.8 Å². The monoisotopic (exact) mass is 296 g/mol. The zero-order valence-corrected chi connectivity index (χ0v) is 12.5. The minimum atomic E-state index is 0.00269. The SMILES string of the molecule is CCc1ccsc1CNC(=O)CSc1n[nH]c(C)n1. The zero-order chi connectivity index (χ0) is 13.7. The van der Waals surface area contributed by atoms with Crippen LogP contribution in [0.2, 0.25) is 0 Å². The summed E-state index contributed by atoms with van der Waals surface area (Å²) >= 11 is 3.02. The van der Waals surface area contributed by atoms with Gasteiger partial charge in [-0.1, -0.05) is 18.7 Å². The predicted molar refractivity (Wildman–Crippen MR) is 77.4 cm³/mol. The Labute approximate surface area is 120 Å². The molecule has 0 fully saturated rings. The van der Waals surface area contributed by atoms with Gasteiger partial charge in [0.2, 0.25) is 11.1 Å². The lowest BCUT2D eigenvalue weighted by Gasteiger charge is -2.04. The summed E-state index contributed by atoms with van der Waals surface area (Å²) in [5, 5.41) is 12.3. The number of nitrogens with one attached hydrogen (secondary N) is 2. The van der Waals surface area contributed by atoms with Crippen molar-refractivity contribution in [2.75, 3.05) is 5.75 Å². The molecule has 0 saturated heterocycles. The molecule has 5 nitrogen and oxygen atoms in total. The van der Waals surface area contributed by atoms with Crippen LogP contribution in [0.5, 0.6) is 0 Å². The van der Waals surface area contributed by atoms with Gasteiger partial charge in [0.05, 0.1) is 12.3 Å². The molecule has 2 aromatic rings. The highest BCUT2D eigenvalue weighted by molar-refractivity contribution is 7.99. The molecule has 1 amide bonds. The zero-order valence-electron chi connectivity index (χ0n) is 10.9. The first-order valence-electron chi connectivity index (χ1n) is 6.02. The molecular weight excluding hydrogens is 280 g/mol. The van der Waals surface area contributed by atoms with Crippen LogP contribution in [-0.4, -0.2) is 26.8 Å². The van der Waals surface area contributed by atoms with E-state index < -0.39 is 0 Å². The summed E-state index contributed by atoms with van der Waals surface area (Å²) in [6, 6.07) is 2.11. The number of rotatable bonds is 6. The lowest BCUT2D eigenvalue weighted by atomic mass is 10.2. The van der Waals surface area contributed by atoms with Crippen molar-refractivity contribution < 1.29 is 4.79 Å². The quantitative estimate of drug-likeness (QED) is 0.801. The molecule has 0 atom stereocenters. The Morgan fingerprint density at radius 2 is 2.42 bits per heavy atom. The number of carbonyl (C=O) groups excluding carboxylic acids is 1. The minimum Gasteiger partial charge on any atom is -0.350 e. The van der Waals surface area contributed by atoms with Crippen molar-refractivity contribution in [3.05, 3.63) is 27.7 Å². The Balaban J connectivity index is 1.76. The number of thioether (sulfide) groups is 1. The maximum Gasteiger partial charge on any atom is 0.230 e. The van der Waals surface area contributed by atoms with E-state index >= 15 is 0 Å². The molecule has 7 heteroatoms. The van der Waals surface area contributed by atoms with Crippen LogP contribution in [0, 0.1) is 6.92 Å². The Hall–Kier alpha value is -1.34. The van der Waals surface area contributed by atoms with Gasteiger partial charge < -0.3 is 5.32 Å². The van der Waals surface area contributed by atoms with E-state index in [1.54, 1.807) is 11.3 Å². The van der Waals surface area contributed by atoms with Gasteiger partial charge in [0.25, 0.3) is 0 Å². The molecule has 0 unspecified atom stereocenters. The fourth-order valence-electron chi connectivity index (χ4n) is 1.58. The van der Waals surface area contributed by atoms with Crippen LogP contribution in [0.4, 0.5) is 0 Å². The molecule has 2 N–H and O–H groups in total. The summed E-state index contributed by atoms with van der Waals surface area (Å²) in [5.41, 5.74) is 1.31. The standard InChI is InChI=1S/C12H16N4OS2/c1-3-9-4-5-18-10(9)6-13-11(17)7-19-12-14-8(2)15-16-12/h4-5H,3,6-7H2,1-2H3,(H,13,17)(H,14,15,16). The second kappa shape index (κ2) is 6.72. The Bertz CT molecular complexity index is 549. The fourth-order valence-corrected chi connectivity index (χ4v) is 3.17. The van der Waals surface area contributed by atoms with Gasteiger partial charge in [-0.25, -0.2) is 4.98 Å². The van der Waals surface area contributed by atoms with E-state index in [-0.39, 0.29) is 5.91 Å². The molecule has 102 valence electrons. The molecule has 0 bridgehead atoms. The summed E-state index contributed by atoms with van der Waals surface area (Å²) in [5.74, 6) is 1.10. The average molecular weight is 296 g/mol. The molecule has 0 saturated carbocycles. The van der Waals surface area contributed by atoms with E-state index in [1.807, 2.05) is 6.92 Å². The molecule has 19 heavy (non-hydrogen) atoms. The number of nitrogens with zero attached hydrogens (tertiary/aromatic N) is 2. The van der Waals surface area contributed by atoms with Crippen LogP contribution in [0.25, 0.3) is 0 Å². The van der Waals surface area contributed by atoms with Crippen LogP contribution < -0.4 is 5.32 Å². The highest BCUT2D eigenvalue weighted by Gasteiger charge is 2.08. The van der Waals surface area contributed by atoms with Crippen molar-refractivity contribution in [1.29, 1.82) is 0 Å². The topological polar surface area (TPSA) is 70.7 Å². The largest absolute Gasteiger partial charge is 0.350 e. The van der Waals surface area contributed by atoms with Crippen LogP contribution in [0.3, 0.4) is 0 Å². The highest BCUT2D eigenvalue weighted by atomic mass is 32.2. The predicted octanol–water partition coefficient (Wildman–Crippen LogP) is 2.15. The number of amides is 1. The van der Waals surface area contributed by atoms with E-state index in [0.29, 0.717) is 17.5 Å². The molecule has 2 aromatic heterocycles. The number of hydrogen-bond donors (Lipinski definition) is 2. The van der Waals surface area contributed by atoms with Gasteiger partial charge in [0, 0.05) is 4.88 Å². The maximum atomic E-state index is 11.7. The first-order chi connectivity index (χ1) is 9.19. The molecule has 0 radical (unpaired) electrons. The first kappa shape index (κ1) is 14.1. The number of thiophene rings is 1. The van der Waals surface area contributed by atoms with Crippen molar-refractivity contribution in [3.63, 3.8) is 0 Å². The second-order valence-corrected chi connectivity index (χ2v) is 5.93. The smallest absolute Gasteiger partial charge is 0.230 e. The van der Waals surface area contributed by atoms with Gasteiger partial charge in [-0.2, -0.15) is 0 Å². The minimum absolute atomic E-state index is 0.00269. The van der Waals surface area contributed by atoms with E-state index in [2.05, 4.69) is 38.9 Å². The molecular formula is C12H16N4OS2. The molecule has 2 heterocycles. The van der Waals surface area contributed by atoms with E-state index in [9.17, 15) is 4.79 Å². The summed E-state index contributed by atoms with van der Waals surface area (Å²) in [6.07, 6.45) is 1.000. The number of carbonyl (C=O) groups is 1. The third-order valence-corrected chi connectivity index (χ3v) is 4.38. The molecule has 0 aliphatic heterocycles. The van der Waals surface area contributed by atoms with Crippen molar-refractivity contribution in [3.8, 4) is 0 Å². The lowest BCUT2D eigenvalue weighted by Crippen LogP contribution is -2.24. The van der Waals surface area contributed by atoms with Gasteiger partial charge in [0.15, 0.2) is 0 Å². The van der Waals surface area contributed by atoms with Crippen molar-refractivity contribution in [2.45, 2.75) is 32.0 Å². The van der Waals surface area contributed by atoms with Gasteiger partial charge >= 0.3 is 0 Å². The number of hydrogen-bond acceptors (Lipinski definition) is 5. The molecule has 0 aliphatic carbocycles. The molecule has 2 rings (SSSR count). The summed E-state index contributed by atoms with van der Waals surface area (Å²) in [6.45, 7) is 4.56.